The SMILES string of the molecule is CNc1nccc(N2CCC(CC(=O)NCCN(C)C3CCCCC3)CC2)n1. The molecule has 1 aliphatic heterocycles. The fourth-order valence-electron chi connectivity index (χ4n) is 4.42. The maximum atomic E-state index is 12.3. The smallest absolute Gasteiger partial charge is 0.224 e. The lowest BCUT2D eigenvalue weighted by molar-refractivity contribution is -0.122. The van der Waals surface area contributed by atoms with Gasteiger partial charge in [-0.1, -0.05) is 19.3 Å². The van der Waals surface area contributed by atoms with Crippen LogP contribution in [0.2, 0.25) is 0 Å². The molecule has 0 aromatic carbocycles. The summed E-state index contributed by atoms with van der Waals surface area (Å²) in [6, 6.07) is 2.66. The number of anilines is 2. The van der Waals surface area contributed by atoms with Crippen molar-refractivity contribution in [3.8, 4) is 0 Å². The molecule has 3 rings (SSSR count). The average molecular weight is 389 g/mol. The van der Waals surface area contributed by atoms with Gasteiger partial charge in [0, 0.05) is 51.9 Å². The lowest BCUT2D eigenvalue weighted by Gasteiger charge is -2.33. The van der Waals surface area contributed by atoms with Crippen molar-refractivity contribution in [2.24, 2.45) is 5.92 Å². The maximum absolute atomic E-state index is 12.3. The van der Waals surface area contributed by atoms with E-state index in [-0.39, 0.29) is 5.91 Å². The topological polar surface area (TPSA) is 73.4 Å². The summed E-state index contributed by atoms with van der Waals surface area (Å²) < 4.78 is 0. The van der Waals surface area contributed by atoms with Gasteiger partial charge in [0.1, 0.15) is 5.82 Å². The first-order valence-corrected chi connectivity index (χ1v) is 10.9. The average Bonchev–Trinajstić information content (AvgIpc) is 2.75. The van der Waals surface area contributed by atoms with Gasteiger partial charge < -0.3 is 20.4 Å². The molecule has 156 valence electrons. The molecule has 7 nitrogen and oxygen atoms in total. The molecular weight excluding hydrogens is 352 g/mol. The number of hydrogen-bond acceptors (Lipinski definition) is 6. The van der Waals surface area contributed by atoms with Gasteiger partial charge >= 0.3 is 0 Å². The Labute approximate surface area is 169 Å². The normalized spacial score (nSPS) is 19.0. The Morgan fingerprint density at radius 2 is 1.96 bits per heavy atom. The number of hydrogen-bond donors (Lipinski definition) is 2. The van der Waals surface area contributed by atoms with E-state index in [9.17, 15) is 4.79 Å². The summed E-state index contributed by atoms with van der Waals surface area (Å²) >= 11 is 0. The molecule has 1 aromatic rings. The Kier molecular flexibility index (Phi) is 7.89. The first-order valence-electron chi connectivity index (χ1n) is 10.9. The summed E-state index contributed by atoms with van der Waals surface area (Å²) in [5.74, 6) is 2.29. The zero-order valence-electron chi connectivity index (χ0n) is 17.5. The van der Waals surface area contributed by atoms with Gasteiger partial charge in [0.15, 0.2) is 0 Å². The Morgan fingerprint density at radius 3 is 2.68 bits per heavy atom. The van der Waals surface area contributed by atoms with Crippen molar-refractivity contribution in [2.75, 3.05) is 50.5 Å². The molecule has 0 unspecified atom stereocenters. The number of piperidine rings is 1. The number of aromatic nitrogens is 2. The number of carbonyl (C=O) groups excluding carboxylic acids is 1. The minimum atomic E-state index is 0.204. The molecule has 1 saturated heterocycles. The molecule has 2 aliphatic rings. The van der Waals surface area contributed by atoms with E-state index in [1.807, 2.05) is 13.1 Å². The van der Waals surface area contributed by atoms with Gasteiger partial charge in [-0.3, -0.25) is 4.79 Å². The third kappa shape index (κ3) is 6.06. The van der Waals surface area contributed by atoms with E-state index < -0.39 is 0 Å². The molecule has 28 heavy (non-hydrogen) atoms. The third-order valence-corrected chi connectivity index (χ3v) is 6.26. The standard InChI is InChI=1S/C21H36N6O/c1-22-21-24-11-8-19(25-21)27-13-9-17(10-14-27)16-20(28)23-12-15-26(2)18-6-4-3-5-7-18/h8,11,17-18H,3-7,9-10,12-16H2,1-2H3,(H,23,28)(H,22,24,25). The second-order valence-corrected chi connectivity index (χ2v) is 8.25. The monoisotopic (exact) mass is 388 g/mol. The van der Waals surface area contributed by atoms with Crippen molar-refractivity contribution in [1.82, 2.24) is 20.2 Å². The molecule has 1 amide bonds. The summed E-state index contributed by atoms with van der Waals surface area (Å²) in [6.45, 7) is 3.61. The summed E-state index contributed by atoms with van der Waals surface area (Å²) in [5.41, 5.74) is 0. The second kappa shape index (κ2) is 10.6. The zero-order valence-corrected chi connectivity index (χ0v) is 17.5. The van der Waals surface area contributed by atoms with Crippen molar-refractivity contribution in [3.05, 3.63) is 12.3 Å². The highest BCUT2D eigenvalue weighted by Crippen LogP contribution is 2.24. The lowest BCUT2D eigenvalue weighted by Crippen LogP contribution is -2.40. The molecule has 2 N–H and O–H groups in total. The van der Waals surface area contributed by atoms with Crippen LogP contribution in [0, 0.1) is 5.92 Å². The van der Waals surface area contributed by atoms with Crippen LogP contribution in [0.4, 0.5) is 11.8 Å². The van der Waals surface area contributed by atoms with Crippen molar-refractivity contribution in [2.45, 2.75) is 57.4 Å². The fourth-order valence-corrected chi connectivity index (χ4v) is 4.42. The van der Waals surface area contributed by atoms with Gasteiger partial charge in [-0.2, -0.15) is 4.98 Å². The number of likely N-dealkylation sites (N-methyl/N-ethyl adjacent to an activating group) is 1. The zero-order chi connectivity index (χ0) is 19.8. The first kappa shape index (κ1) is 20.8. The van der Waals surface area contributed by atoms with Crippen molar-refractivity contribution < 1.29 is 4.79 Å². The van der Waals surface area contributed by atoms with Crippen molar-refractivity contribution >= 4 is 17.7 Å². The van der Waals surface area contributed by atoms with Crippen LogP contribution in [0.5, 0.6) is 0 Å². The van der Waals surface area contributed by atoms with Gasteiger partial charge in [0.2, 0.25) is 11.9 Å². The summed E-state index contributed by atoms with van der Waals surface area (Å²) in [7, 11) is 4.03. The number of carbonyl (C=O) groups is 1. The number of nitrogens with one attached hydrogen (secondary N) is 2. The summed E-state index contributed by atoms with van der Waals surface area (Å²) in [4.78, 5) is 25.7. The number of amides is 1. The lowest BCUT2D eigenvalue weighted by atomic mass is 9.93. The van der Waals surface area contributed by atoms with Crippen LogP contribution in [0.15, 0.2) is 12.3 Å². The van der Waals surface area contributed by atoms with E-state index in [1.54, 1.807) is 6.20 Å². The molecule has 0 spiro atoms. The van der Waals surface area contributed by atoms with E-state index in [0.29, 0.717) is 24.3 Å². The molecule has 2 fully saturated rings. The van der Waals surface area contributed by atoms with E-state index >= 15 is 0 Å². The van der Waals surface area contributed by atoms with Crippen LogP contribution < -0.4 is 15.5 Å². The Morgan fingerprint density at radius 1 is 1.21 bits per heavy atom. The molecule has 0 radical (unpaired) electrons. The van der Waals surface area contributed by atoms with E-state index in [2.05, 4.69) is 37.4 Å². The maximum Gasteiger partial charge on any atom is 0.224 e. The van der Waals surface area contributed by atoms with Gasteiger partial charge in [0.25, 0.3) is 0 Å². The van der Waals surface area contributed by atoms with Crippen LogP contribution in [0.1, 0.15) is 51.4 Å². The summed E-state index contributed by atoms with van der Waals surface area (Å²) in [6.07, 6.45) is 11.2. The van der Waals surface area contributed by atoms with Crippen LogP contribution in [0.25, 0.3) is 0 Å². The highest BCUT2D eigenvalue weighted by atomic mass is 16.1. The van der Waals surface area contributed by atoms with E-state index in [0.717, 1.165) is 44.8 Å². The number of rotatable bonds is 8. The van der Waals surface area contributed by atoms with E-state index in [1.165, 1.54) is 32.1 Å². The Hall–Kier alpha value is -1.89. The van der Waals surface area contributed by atoms with Gasteiger partial charge in [-0.15, -0.1) is 0 Å². The van der Waals surface area contributed by atoms with Gasteiger partial charge in [0.05, 0.1) is 0 Å². The third-order valence-electron chi connectivity index (χ3n) is 6.26. The largest absolute Gasteiger partial charge is 0.357 e. The van der Waals surface area contributed by atoms with Crippen LogP contribution in [0.3, 0.4) is 0 Å². The first-order chi connectivity index (χ1) is 13.7. The van der Waals surface area contributed by atoms with Crippen LogP contribution >= 0.6 is 0 Å². The molecule has 0 atom stereocenters. The molecule has 0 bridgehead atoms. The second-order valence-electron chi connectivity index (χ2n) is 8.25. The minimum Gasteiger partial charge on any atom is -0.357 e. The van der Waals surface area contributed by atoms with Crippen LogP contribution in [-0.4, -0.2) is 67.1 Å². The highest BCUT2D eigenvalue weighted by molar-refractivity contribution is 5.76. The predicted octanol–water partition coefficient (Wildman–Crippen LogP) is 2.51. The highest BCUT2D eigenvalue weighted by Gasteiger charge is 2.23. The molecular formula is C21H36N6O. The van der Waals surface area contributed by atoms with E-state index in [4.69, 9.17) is 0 Å². The Balaban J connectivity index is 1.33. The molecule has 7 heteroatoms. The Bertz CT molecular complexity index is 611. The van der Waals surface area contributed by atoms with Crippen LogP contribution in [-0.2, 0) is 4.79 Å². The quantitative estimate of drug-likeness (QED) is 0.713. The molecule has 1 saturated carbocycles. The van der Waals surface area contributed by atoms with Gasteiger partial charge in [-0.25, -0.2) is 4.98 Å². The predicted molar refractivity (Wildman–Crippen MR) is 114 cm³/mol. The summed E-state index contributed by atoms with van der Waals surface area (Å²) in [5, 5.41) is 6.12. The van der Waals surface area contributed by atoms with Crippen molar-refractivity contribution in [3.63, 3.8) is 0 Å². The molecule has 1 aliphatic carbocycles. The fraction of sp³-hybridized carbons (Fsp3) is 0.762. The number of nitrogens with zero attached hydrogens (tertiary/aromatic N) is 4. The molecule has 2 heterocycles. The van der Waals surface area contributed by atoms with Crippen molar-refractivity contribution in [1.29, 1.82) is 0 Å². The minimum absolute atomic E-state index is 0.204. The van der Waals surface area contributed by atoms with Gasteiger partial charge in [-0.05, 0) is 44.7 Å². The molecule has 1 aromatic heterocycles.